The third-order valence-electron chi connectivity index (χ3n) is 2.37. The molecule has 0 spiro atoms. The Balaban J connectivity index is 2.53. The van der Waals surface area contributed by atoms with Crippen LogP contribution in [0.2, 0.25) is 5.02 Å². The molecule has 104 valence electrons. The summed E-state index contributed by atoms with van der Waals surface area (Å²) in [6.45, 7) is 0. The van der Waals surface area contributed by atoms with Gasteiger partial charge in [0, 0.05) is 0 Å². The molecule has 0 saturated heterocycles. The molecule has 0 aliphatic rings. The number of aromatic nitrogens is 2. The summed E-state index contributed by atoms with van der Waals surface area (Å²) >= 11 is 8.92. The van der Waals surface area contributed by atoms with Crippen LogP contribution in [-0.4, -0.2) is 29.0 Å². The monoisotopic (exact) mass is 359 g/mol. The van der Waals surface area contributed by atoms with Crippen LogP contribution < -0.4 is 5.73 Å². The van der Waals surface area contributed by atoms with Crippen molar-refractivity contribution in [1.29, 1.82) is 0 Å². The zero-order valence-electron chi connectivity index (χ0n) is 10.0. The van der Waals surface area contributed by atoms with Crippen molar-refractivity contribution in [2.45, 2.75) is 0 Å². The predicted octanol–water partition coefficient (Wildman–Crippen LogP) is 2.09. The molecule has 2 aromatic rings. The smallest absolute Gasteiger partial charge is 0.358 e. The Morgan fingerprint density at radius 3 is 2.75 bits per heavy atom. The molecule has 0 amide bonds. The van der Waals surface area contributed by atoms with Crippen LogP contribution in [0.4, 0.5) is 5.69 Å². The van der Waals surface area contributed by atoms with Gasteiger partial charge in [0.05, 0.1) is 23.4 Å². The lowest BCUT2D eigenvalue weighted by Gasteiger charge is -2.07. The first kappa shape index (κ1) is 14.5. The second kappa shape index (κ2) is 5.59. The third-order valence-corrected chi connectivity index (χ3v) is 3.34. The average molecular weight is 361 g/mol. The number of carbonyl (C=O) groups excluding carboxylic acids is 2. The molecule has 0 radical (unpaired) electrons. The van der Waals surface area contributed by atoms with Gasteiger partial charge in [-0.2, -0.15) is 0 Å². The lowest BCUT2D eigenvalue weighted by molar-refractivity contribution is 0.0594. The first-order valence-electron chi connectivity index (χ1n) is 5.14. The molecule has 2 aromatic heterocycles. The molecule has 0 aliphatic carbocycles. The first-order chi connectivity index (χ1) is 9.45. The Morgan fingerprint density at radius 1 is 1.50 bits per heavy atom. The lowest BCUT2D eigenvalue weighted by atomic mass is 10.1. The number of nitrogen functional groups attached to an aromatic ring is 1. The van der Waals surface area contributed by atoms with Crippen LogP contribution in [0, 0.1) is 0 Å². The topological polar surface area (TPSA) is 108 Å². The highest BCUT2D eigenvalue weighted by Gasteiger charge is 2.23. The van der Waals surface area contributed by atoms with Gasteiger partial charge in [-0.3, -0.25) is 4.79 Å². The standard InChI is InChI=1S/C11H7BrClN3O4/c1-19-11(18)8-7(13)5(14)2-6(15-8)9(17)4-3-20-16-10(4)12/h2-3H,1H3,(H2,14,15). The quantitative estimate of drug-likeness (QED) is 0.659. The molecule has 2 N–H and O–H groups in total. The van der Waals surface area contributed by atoms with Crippen molar-refractivity contribution in [2.24, 2.45) is 0 Å². The summed E-state index contributed by atoms with van der Waals surface area (Å²) in [6.07, 6.45) is 1.15. The number of ether oxygens (including phenoxy) is 1. The Kier molecular flexibility index (Phi) is 4.05. The summed E-state index contributed by atoms with van der Waals surface area (Å²) in [5.74, 6) is -1.31. The minimum atomic E-state index is -0.791. The Morgan fingerprint density at radius 2 is 2.20 bits per heavy atom. The molecular weight excluding hydrogens is 353 g/mol. The number of rotatable bonds is 3. The fourth-order valence-corrected chi connectivity index (χ4v) is 1.94. The highest BCUT2D eigenvalue weighted by molar-refractivity contribution is 9.10. The number of hydrogen-bond donors (Lipinski definition) is 1. The largest absolute Gasteiger partial charge is 0.464 e. The van der Waals surface area contributed by atoms with Crippen molar-refractivity contribution in [3.05, 3.63) is 38.9 Å². The zero-order chi connectivity index (χ0) is 14.9. The molecule has 0 aliphatic heterocycles. The van der Waals surface area contributed by atoms with E-state index in [1.54, 1.807) is 0 Å². The van der Waals surface area contributed by atoms with Crippen LogP contribution >= 0.6 is 27.5 Å². The molecule has 2 heterocycles. The summed E-state index contributed by atoms with van der Waals surface area (Å²) in [4.78, 5) is 27.6. The van der Waals surface area contributed by atoms with Crippen LogP contribution in [0.1, 0.15) is 26.5 Å². The maximum absolute atomic E-state index is 12.2. The van der Waals surface area contributed by atoms with Gasteiger partial charge in [-0.15, -0.1) is 0 Å². The van der Waals surface area contributed by atoms with Crippen LogP contribution in [-0.2, 0) is 4.74 Å². The molecule has 2 rings (SSSR count). The molecule has 0 bridgehead atoms. The molecule has 0 aromatic carbocycles. The average Bonchev–Trinajstić information content (AvgIpc) is 2.86. The molecule has 0 unspecified atom stereocenters. The van der Waals surface area contributed by atoms with Gasteiger partial charge < -0.3 is 15.0 Å². The van der Waals surface area contributed by atoms with E-state index in [0.717, 1.165) is 6.26 Å². The van der Waals surface area contributed by atoms with Gasteiger partial charge in [0.25, 0.3) is 0 Å². The number of carbonyl (C=O) groups is 2. The molecule has 7 nitrogen and oxygen atoms in total. The van der Waals surface area contributed by atoms with Gasteiger partial charge in [0.1, 0.15) is 12.0 Å². The predicted molar refractivity (Wildman–Crippen MR) is 72.6 cm³/mol. The van der Waals surface area contributed by atoms with Gasteiger partial charge >= 0.3 is 5.97 Å². The van der Waals surface area contributed by atoms with E-state index in [0.29, 0.717) is 0 Å². The highest BCUT2D eigenvalue weighted by Crippen LogP contribution is 2.26. The number of methoxy groups -OCH3 is 1. The van der Waals surface area contributed by atoms with Gasteiger partial charge in [-0.25, -0.2) is 9.78 Å². The number of pyridine rings is 1. The van der Waals surface area contributed by atoms with Crippen molar-refractivity contribution in [2.75, 3.05) is 12.8 Å². The number of esters is 1. The number of anilines is 1. The van der Waals surface area contributed by atoms with Crippen molar-refractivity contribution < 1.29 is 18.8 Å². The van der Waals surface area contributed by atoms with Crippen molar-refractivity contribution in [1.82, 2.24) is 10.1 Å². The second-order valence-corrected chi connectivity index (χ2v) is 4.73. The number of nitrogens with two attached hydrogens (primary N) is 1. The van der Waals surface area contributed by atoms with Gasteiger partial charge in [-0.1, -0.05) is 16.8 Å². The van der Waals surface area contributed by atoms with Crippen LogP contribution in [0.5, 0.6) is 0 Å². The molecule has 9 heteroatoms. The fourth-order valence-electron chi connectivity index (χ4n) is 1.41. The van der Waals surface area contributed by atoms with E-state index in [1.165, 1.54) is 13.2 Å². The summed E-state index contributed by atoms with van der Waals surface area (Å²) in [7, 11) is 1.17. The Hall–Kier alpha value is -1.93. The summed E-state index contributed by atoms with van der Waals surface area (Å²) in [5, 5.41) is 3.45. The SMILES string of the molecule is COC(=O)c1nc(C(=O)c2conc2Br)cc(N)c1Cl. The summed E-state index contributed by atoms with van der Waals surface area (Å²) < 4.78 is 9.39. The lowest BCUT2D eigenvalue weighted by Crippen LogP contribution is -2.12. The van der Waals surface area contributed by atoms with Crippen LogP contribution in [0.15, 0.2) is 21.5 Å². The maximum atomic E-state index is 12.2. The van der Waals surface area contributed by atoms with E-state index in [9.17, 15) is 9.59 Å². The first-order valence-corrected chi connectivity index (χ1v) is 6.31. The highest BCUT2D eigenvalue weighted by atomic mass is 79.9. The minimum absolute atomic E-state index is 0.0398. The molecule has 0 fully saturated rings. The minimum Gasteiger partial charge on any atom is -0.464 e. The van der Waals surface area contributed by atoms with Crippen LogP contribution in [0.3, 0.4) is 0 Å². The van der Waals surface area contributed by atoms with Crippen LogP contribution in [0.25, 0.3) is 0 Å². The van der Waals surface area contributed by atoms with Crippen molar-refractivity contribution >= 4 is 45.0 Å². The number of hydrogen-bond acceptors (Lipinski definition) is 7. The fraction of sp³-hybridized carbons (Fsp3) is 0.0909. The van der Waals surface area contributed by atoms with E-state index in [4.69, 9.17) is 17.3 Å². The van der Waals surface area contributed by atoms with E-state index >= 15 is 0 Å². The van der Waals surface area contributed by atoms with E-state index < -0.39 is 11.8 Å². The normalized spacial score (nSPS) is 10.3. The number of nitrogens with zero attached hydrogens (tertiary/aromatic N) is 2. The van der Waals surface area contributed by atoms with E-state index in [-0.39, 0.29) is 32.3 Å². The molecule has 20 heavy (non-hydrogen) atoms. The molecule has 0 atom stereocenters. The van der Waals surface area contributed by atoms with Crippen molar-refractivity contribution in [3.8, 4) is 0 Å². The van der Waals surface area contributed by atoms with Gasteiger partial charge in [-0.05, 0) is 22.0 Å². The third kappa shape index (κ3) is 2.52. The number of ketones is 1. The summed E-state index contributed by atoms with van der Waals surface area (Å²) in [6, 6.07) is 1.26. The maximum Gasteiger partial charge on any atom is 0.358 e. The van der Waals surface area contributed by atoms with E-state index in [2.05, 4.69) is 35.3 Å². The second-order valence-electron chi connectivity index (χ2n) is 3.60. The zero-order valence-corrected chi connectivity index (χ0v) is 12.4. The molecule has 0 saturated carbocycles. The summed E-state index contributed by atoms with van der Waals surface area (Å²) in [5.41, 5.74) is 5.54. The van der Waals surface area contributed by atoms with Crippen molar-refractivity contribution in [3.63, 3.8) is 0 Å². The van der Waals surface area contributed by atoms with E-state index in [1.807, 2.05) is 0 Å². The van der Waals surface area contributed by atoms with Gasteiger partial charge in [0.15, 0.2) is 10.3 Å². The Labute approximate surface area is 126 Å². The molecular formula is C11H7BrClN3O4. The number of halogens is 2. The van der Waals surface area contributed by atoms with Gasteiger partial charge in [0.2, 0.25) is 5.78 Å². The Bertz CT molecular complexity index is 701.